The highest BCUT2D eigenvalue weighted by Gasteiger charge is 2.29. The molecule has 21 heavy (non-hydrogen) atoms. The first-order valence-electron chi connectivity index (χ1n) is 6.51. The summed E-state index contributed by atoms with van der Waals surface area (Å²) in [5.41, 5.74) is 2.09. The Morgan fingerprint density at radius 1 is 1.14 bits per heavy atom. The minimum atomic E-state index is -0.141. The second-order valence-electron chi connectivity index (χ2n) is 4.79. The van der Waals surface area contributed by atoms with E-state index in [1.54, 1.807) is 49.6 Å². The molecule has 0 aliphatic carbocycles. The Morgan fingerprint density at radius 2 is 1.86 bits per heavy atom. The average molecular weight is 282 g/mol. The molecule has 1 aliphatic rings. The average Bonchev–Trinajstić information content (AvgIpc) is 2.83. The molecule has 1 aliphatic heterocycles. The third-order valence-electron chi connectivity index (χ3n) is 3.49. The molecule has 0 saturated carbocycles. The van der Waals surface area contributed by atoms with Crippen LogP contribution in [0.4, 0.5) is 0 Å². The molecule has 0 aromatic heterocycles. The summed E-state index contributed by atoms with van der Waals surface area (Å²) in [4.78, 5) is 12.4. The number of aromatic hydroxyl groups is 1. The number of ketones is 1. The molecule has 0 radical (unpaired) electrons. The van der Waals surface area contributed by atoms with Crippen molar-refractivity contribution in [1.82, 2.24) is 0 Å². The third-order valence-corrected chi connectivity index (χ3v) is 3.49. The van der Waals surface area contributed by atoms with Crippen molar-refractivity contribution in [3.8, 4) is 17.2 Å². The molecule has 0 atom stereocenters. The fraction of sp³-hybridized carbons (Fsp3) is 0.118. The summed E-state index contributed by atoms with van der Waals surface area (Å²) >= 11 is 0. The van der Waals surface area contributed by atoms with Crippen molar-refractivity contribution in [2.45, 2.75) is 6.92 Å². The number of benzene rings is 2. The highest BCUT2D eigenvalue weighted by Crippen LogP contribution is 2.37. The van der Waals surface area contributed by atoms with E-state index in [1.165, 1.54) is 0 Å². The zero-order valence-corrected chi connectivity index (χ0v) is 11.7. The first-order valence-corrected chi connectivity index (χ1v) is 6.51. The normalized spacial score (nSPS) is 15.4. The molecule has 1 heterocycles. The standard InChI is InChI=1S/C17H14O4/c1-10(11-3-5-12(18)6-4-11)17-16(19)14-8-7-13(20-2)9-15(14)21-17/h3-9,18H,1-2H3/b17-10-. The second-order valence-corrected chi connectivity index (χ2v) is 4.79. The molecule has 0 spiro atoms. The summed E-state index contributed by atoms with van der Waals surface area (Å²) in [6.45, 7) is 1.82. The second kappa shape index (κ2) is 4.98. The summed E-state index contributed by atoms with van der Waals surface area (Å²) in [6, 6.07) is 11.8. The molecule has 1 N–H and O–H groups in total. The predicted molar refractivity (Wildman–Crippen MR) is 78.7 cm³/mol. The van der Waals surface area contributed by atoms with Gasteiger partial charge in [0.1, 0.15) is 17.2 Å². The van der Waals surface area contributed by atoms with Gasteiger partial charge in [-0.25, -0.2) is 0 Å². The number of rotatable bonds is 2. The van der Waals surface area contributed by atoms with Crippen molar-refractivity contribution in [1.29, 1.82) is 0 Å². The van der Waals surface area contributed by atoms with Gasteiger partial charge < -0.3 is 14.6 Å². The van der Waals surface area contributed by atoms with E-state index in [1.807, 2.05) is 6.92 Å². The lowest BCUT2D eigenvalue weighted by Crippen LogP contribution is -2.01. The number of ether oxygens (including phenoxy) is 2. The minimum absolute atomic E-state index is 0.141. The molecule has 3 rings (SSSR count). The number of carbonyl (C=O) groups is 1. The summed E-state index contributed by atoms with van der Waals surface area (Å²) in [5, 5.41) is 9.33. The number of hydrogen-bond donors (Lipinski definition) is 1. The fourth-order valence-corrected chi connectivity index (χ4v) is 2.27. The van der Waals surface area contributed by atoms with Crippen LogP contribution in [0.2, 0.25) is 0 Å². The van der Waals surface area contributed by atoms with Crippen LogP contribution >= 0.6 is 0 Å². The Morgan fingerprint density at radius 3 is 2.52 bits per heavy atom. The number of allylic oxidation sites excluding steroid dienone is 2. The lowest BCUT2D eigenvalue weighted by atomic mass is 10.0. The van der Waals surface area contributed by atoms with Gasteiger partial charge in [-0.3, -0.25) is 4.79 Å². The number of methoxy groups -OCH3 is 1. The maximum atomic E-state index is 12.4. The molecule has 0 bridgehead atoms. The van der Waals surface area contributed by atoms with E-state index in [2.05, 4.69) is 0 Å². The van der Waals surface area contributed by atoms with Crippen molar-refractivity contribution in [3.05, 3.63) is 59.4 Å². The van der Waals surface area contributed by atoms with Crippen molar-refractivity contribution < 1.29 is 19.4 Å². The van der Waals surface area contributed by atoms with Crippen LogP contribution in [0.25, 0.3) is 5.57 Å². The van der Waals surface area contributed by atoms with Gasteiger partial charge in [0, 0.05) is 11.6 Å². The zero-order chi connectivity index (χ0) is 15.0. The minimum Gasteiger partial charge on any atom is -0.508 e. The smallest absolute Gasteiger partial charge is 0.232 e. The van der Waals surface area contributed by atoms with Crippen LogP contribution < -0.4 is 9.47 Å². The molecule has 106 valence electrons. The number of phenols is 1. The molecule has 2 aromatic rings. The summed E-state index contributed by atoms with van der Waals surface area (Å²) < 4.78 is 10.8. The Bertz CT molecular complexity index is 742. The van der Waals surface area contributed by atoms with Crippen LogP contribution in [0.3, 0.4) is 0 Å². The van der Waals surface area contributed by atoms with Crippen molar-refractivity contribution in [2.24, 2.45) is 0 Å². The maximum absolute atomic E-state index is 12.4. The van der Waals surface area contributed by atoms with Gasteiger partial charge in [0.25, 0.3) is 0 Å². The van der Waals surface area contributed by atoms with Crippen molar-refractivity contribution >= 4 is 11.4 Å². The number of fused-ring (bicyclic) bond motifs is 1. The van der Waals surface area contributed by atoms with Crippen molar-refractivity contribution in [3.63, 3.8) is 0 Å². The van der Waals surface area contributed by atoms with Crippen LogP contribution in [0, 0.1) is 0 Å². The van der Waals surface area contributed by atoms with E-state index in [-0.39, 0.29) is 11.5 Å². The van der Waals surface area contributed by atoms with Crippen LogP contribution in [0.15, 0.2) is 48.2 Å². The maximum Gasteiger partial charge on any atom is 0.232 e. The SMILES string of the molecule is COc1ccc2c(c1)O/C(=C(/C)c1ccc(O)cc1)C2=O. The molecule has 2 aromatic carbocycles. The molecule has 0 fully saturated rings. The predicted octanol–water partition coefficient (Wildman–Crippen LogP) is 3.41. The van der Waals surface area contributed by atoms with Gasteiger partial charge >= 0.3 is 0 Å². The highest BCUT2D eigenvalue weighted by molar-refractivity contribution is 6.16. The summed E-state index contributed by atoms with van der Waals surface area (Å²) in [5.74, 6) is 1.50. The fourth-order valence-electron chi connectivity index (χ4n) is 2.27. The van der Waals surface area contributed by atoms with E-state index >= 15 is 0 Å². The zero-order valence-electron chi connectivity index (χ0n) is 11.7. The first kappa shape index (κ1) is 13.2. The van der Waals surface area contributed by atoms with Crippen LogP contribution in [0.5, 0.6) is 17.2 Å². The van der Waals surface area contributed by atoms with Gasteiger partial charge in [0.2, 0.25) is 5.78 Å². The molecule has 0 saturated heterocycles. The molecular weight excluding hydrogens is 268 g/mol. The van der Waals surface area contributed by atoms with E-state index in [0.717, 1.165) is 11.1 Å². The molecule has 4 nitrogen and oxygen atoms in total. The quantitative estimate of drug-likeness (QED) is 0.858. The van der Waals surface area contributed by atoms with E-state index in [4.69, 9.17) is 9.47 Å². The topological polar surface area (TPSA) is 55.8 Å². The van der Waals surface area contributed by atoms with E-state index in [0.29, 0.717) is 22.8 Å². The van der Waals surface area contributed by atoms with E-state index in [9.17, 15) is 9.90 Å². The summed E-state index contributed by atoms with van der Waals surface area (Å²) in [7, 11) is 1.57. The summed E-state index contributed by atoms with van der Waals surface area (Å²) in [6.07, 6.45) is 0. The largest absolute Gasteiger partial charge is 0.508 e. The van der Waals surface area contributed by atoms with E-state index < -0.39 is 0 Å². The van der Waals surface area contributed by atoms with Gasteiger partial charge in [-0.1, -0.05) is 12.1 Å². The van der Waals surface area contributed by atoms with Crippen LogP contribution in [-0.4, -0.2) is 18.0 Å². The van der Waals surface area contributed by atoms with Gasteiger partial charge in [-0.15, -0.1) is 0 Å². The van der Waals surface area contributed by atoms with Gasteiger partial charge in [-0.2, -0.15) is 0 Å². The Kier molecular flexibility index (Phi) is 3.14. The lowest BCUT2D eigenvalue weighted by molar-refractivity contribution is 0.101. The molecular formula is C17H14O4. The molecule has 4 heteroatoms. The number of hydrogen-bond acceptors (Lipinski definition) is 4. The van der Waals surface area contributed by atoms with Gasteiger partial charge in [0.05, 0.1) is 12.7 Å². The van der Waals surface area contributed by atoms with Gasteiger partial charge in [-0.05, 0) is 36.8 Å². The monoisotopic (exact) mass is 282 g/mol. The number of carbonyl (C=O) groups excluding carboxylic acids is 1. The Hall–Kier alpha value is -2.75. The number of Topliss-reactive ketones (excluding diaryl/α,β-unsaturated/α-hetero) is 1. The van der Waals surface area contributed by atoms with Gasteiger partial charge in [0.15, 0.2) is 5.76 Å². The Balaban J connectivity index is 2.03. The lowest BCUT2D eigenvalue weighted by Gasteiger charge is -2.06. The molecule has 0 amide bonds. The van der Waals surface area contributed by atoms with Crippen LogP contribution in [0.1, 0.15) is 22.8 Å². The highest BCUT2D eigenvalue weighted by atomic mass is 16.5. The number of phenolic OH excluding ortho intramolecular Hbond substituents is 1. The third kappa shape index (κ3) is 2.25. The Labute approximate surface area is 122 Å². The van der Waals surface area contributed by atoms with Crippen molar-refractivity contribution in [2.75, 3.05) is 7.11 Å². The first-order chi connectivity index (χ1) is 10.1. The van der Waals surface area contributed by atoms with Crippen LogP contribution in [-0.2, 0) is 0 Å². The molecule has 0 unspecified atom stereocenters.